The van der Waals surface area contributed by atoms with Gasteiger partial charge in [0, 0.05) is 20.6 Å². The molecule has 0 aliphatic heterocycles. The van der Waals surface area contributed by atoms with Crippen LogP contribution in [0.4, 0.5) is 17.8 Å². The fourth-order valence-corrected chi connectivity index (χ4v) is 1.30. The standard InChI is InChI=1S/C11H16N8/c1-4-14-9-15-10(18(2)3)17-11(16-9)19(7-5-12)8-6-13/h4,7-8H2,1-3H3,(H,14,15,16,17). The molecule has 0 radical (unpaired) electrons. The van der Waals surface area contributed by atoms with Crippen LogP contribution in [0.15, 0.2) is 0 Å². The van der Waals surface area contributed by atoms with Crippen LogP contribution >= 0.6 is 0 Å². The van der Waals surface area contributed by atoms with Gasteiger partial charge in [-0.05, 0) is 6.92 Å². The lowest BCUT2D eigenvalue weighted by atomic mass is 10.5. The summed E-state index contributed by atoms with van der Waals surface area (Å²) < 4.78 is 0. The number of aromatic nitrogens is 3. The Morgan fingerprint density at radius 1 is 1.05 bits per heavy atom. The molecule has 0 saturated heterocycles. The molecule has 1 heterocycles. The summed E-state index contributed by atoms with van der Waals surface area (Å²) >= 11 is 0. The van der Waals surface area contributed by atoms with E-state index in [1.54, 1.807) is 4.90 Å². The molecule has 1 rings (SSSR count). The number of hydrogen-bond donors (Lipinski definition) is 1. The Morgan fingerprint density at radius 2 is 1.63 bits per heavy atom. The van der Waals surface area contributed by atoms with E-state index in [2.05, 4.69) is 20.3 Å². The smallest absolute Gasteiger partial charge is 0.233 e. The highest BCUT2D eigenvalue weighted by atomic mass is 15.3. The van der Waals surface area contributed by atoms with Crippen molar-refractivity contribution in [3.8, 4) is 12.1 Å². The van der Waals surface area contributed by atoms with Crippen molar-refractivity contribution in [3.63, 3.8) is 0 Å². The molecule has 1 aromatic heterocycles. The van der Waals surface area contributed by atoms with Crippen LogP contribution in [0.3, 0.4) is 0 Å². The van der Waals surface area contributed by atoms with Crippen LogP contribution in [0.2, 0.25) is 0 Å². The monoisotopic (exact) mass is 260 g/mol. The van der Waals surface area contributed by atoms with Crippen LogP contribution in [0, 0.1) is 22.7 Å². The summed E-state index contributed by atoms with van der Waals surface area (Å²) in [5.41, 5.74) is 0. The van der Waals surface area contributed by atoms with Gasteiger partial charge in [-0.1, -0.05) is 0 Å². The highest BCUT2D eigenvalue weighted by molar-refractivity contribution is 5.45. The Morgan fingerprint density at radius 3 is 2.11 bits per heavy atom. The van der Waals surface area contributed by atoms with Gasteiger partial charge >= 0.3 is 0 Å². The fourth-order valence-electron chi connectivity index (χ4n) is 1.30. The van der Waals surface area contributed by atoms with Crippen molar-refractivity contribution >= 4 is 17.8 Å². The molecule has 19 heavy (non-hydrogen) atoms. The van der Waals surface area contributed by atoms with E-state index >= 15 is 0 Å². The molecule has 0 amide bonds. The lowest BCUT2D eigenvalue weighted by Gasteiger charge is -2.19. The minimum absolute atomic E-state index is 0.0516. The van der Waals surface area contributed by atoms with Crippen LogP contribution in [0.25, 0.3) is 0 Å². The molecule has 8 heteroatoms. The van der Waals surface area contributed by atoms with E-state index in [0.29, 0.717) is 24.4 Å². The van der Waals surface area contributed by atoms with E-state index in [-0.39, 0.29) is 13.1 Å². The normalized spacial score (nSPS) is 9.32. The van der Waals surface area contributed by atoms with Crippen molar-refractivity contribution in [3.05, 3.63) is 0 Å². The summed E-state index contributed by atoms with van der Waals surface area (Å²) in [6, 6.07) is 3.98. The molecule has 0 saturated carbocycles. The predicted octanol–water partition coefficient (Wildman–Crippen LogP) is 0.223. The van der Waals surface area contributed by atoms with Crippen molar-refractivity contribution in [1.29, 1.82) is 10.5 Å². The van der Waals surface area contributed by atoms with Gasteiger partial charge in [0.1, 0.15) is 13.1 Å². The zero-order valence-corrected chi connectivity index (χ0v) is 11.3. The van der Waals surface area contributed by atoms with Gasteiger partial charge < -0.3 is 15.1 Å². The van der Waals surface area contributed by atoms with Crippen molar-refractivity contribution in [2.24, 2.45) is 0 Å². The van der Waals surface area contributed by atoms with Crippen LogP contribution in [-0.4, -0.2) is 48.7 Å². The Balaban J connectivity index is 3.16. The number of nitriles is 2. The second kappa shape index (κ2) is 6.97. The Kier molecular flexibility index (Phi) is 5.30. The lowest BCUT2D eigenvalue weighted by Crippen LogP contribution is -2.27. The van der Waals surface area contributed by atoms with Crippen LogP contribution in [0.5, 0.6) is 0 Å². The molecule has 0 aromatic carbocycles. The summed E-state index contributed by atoms with van der Waals surface area (Å²) in [7, 11) is 3.63. The molecule has 0 fully saturated rings. The Labute approximate surface area is 112 Å². The summed E-state index contributed by atoms with van der Waals surface area (Å²) in [5, 5.41) is 20.6. The average Bonchev–Trinajstić information content (AvgIpc) is 2.38. The number of nitrogens with one attached hydrogen (secondary N) is 1. The predicted molar refractivity (Wildman–Crippen MR) is 71.8 cm³/mol. The van der Waals surface area contributed by atoms with Crippen LogP contribution in [0.1, 0.15) is 6.92 Å². The van der Waals surface area contributed by atoms with Crippen molar-refractivity contribution in [1.82, 2.24) is 15.0 Å². The fraction of sp³-hybridized carbons (Fsp3) is 0.545. The van der Waals surface area contributed by atoms with Gasteiger partial charge in [0.2, 0.25) is 17.8 Å². The van der Waals surface area contributed by atoms with E-state index in [0.717, 1.165) is 0 Å². The van der Waals surface area contributed by atoms with Gasteiger partial charge in [0.05, 0.1) is 12.1 Å². The maximum Gasteiger partial charge on any atom is 0.233 e. The minimum Gasteiger partial charge on any atom is -0.354 e. The highest BCUT2D eigenvalue weighted by Crippen LogP contribution is 2.14. The molecular formula is C11H16N8. The first kappa shape index (κ1) is 14.5. The minimum atomic E-state index is 0.0516. The zero-order chi connectivity index (χ0) is 14.3. The third-order valence-corrected chi connectivity index (χ3v) is 2.15. The maximum atomic E-state index is 8.78. The molecule has 100 valence electrons. The van der Waals surface area contributed by atoms with Crippen LogP contribution in [-0.2, 0) is 0 Å². The summed E-state index contributed by atoms with van der Waals surface area (Å²) in [4.78, 5) is 15.9. The van der Waals surface area contributed by atoms with E-state index in [1.165, 1.54) is 4.90 Å². The molecule has 0 bridgehead atoms. The summed E-state index contributed by atoms with van der Waals surface area (Å²) in [5.74, 6) is 1.22. The first-order valence-electron chi connectivity index (χ1n) is 5.78. The van der Waals surface area contributed by atoms with E-state index in [4.69, 9.17) is 10.5 Å². The number of rotatable bonds is 6. The molecular weight excluding hydrogens is 244 g/mol. The van der Waals surface area contributed by atoms with Gasteiger partial charge in [0.25, 0.3) is 0 Å². The second-order valence-electron chi connectivity index (χ2n) is 3.86. The van der Waals surface area contributed by atoms with Gasteiger partial charge in [-0.3, -0.25) is 0 Å². The van der Waals surface area contributed by atoms with Crippen LogP contribution < -0.4 is 15.1 Å². The average molecular weight is 260 g/mol. The summed E-state index contributed by atoms with van der Waals surface area (Å²) in [6.45, 7) is 2.71. The van der Waals surface area contributed by atoms with Gasteiger partial charge in [0.15, 0.2) is 0 Å². The third-order valence-electron chi connectivity index (χ3n) is 2.15. The second-order valence-corrected chi connectivity index (χ2v) is 3.86. The van der Waals surface area contributed by atoms with Crippen molar-refractivity contribution < 1.29 is 0 Å². The molecule has 0 unspecified atom stereocenters. The van der Waals surface area contributed by atoms with Gasteiger partial charge in [-0.2, -0.15) is 25.5 Å². The zero-order valence-electron chi connectivity index (χ0n) is 11.3. The van der Waals surface area contributed by atoms with E-state index in [9.17, 15) is 0 Å². The molecule has 1 N–H and O–H groups in total. The quantitative estimate of drug-likeness (QED) is 0.724. The Hall–Kier alpha value is -2.61. The number of hydrogen-bond acceptors (Lipinski definition) is 8. The maximum absolute atomic E-state index is 8.78. The SMILES string of the molecule is CCNc1nc(N(C)C)nc(N(CC#N)CC#N)n1. The number of anilines is 3. The summed E-state index contributed by atoms with van der Waals surface area (Å²) in [6.07, 6.45) is 0. The van der Waals surface area contributed by atoms with E-state index in [1.807, 2.05) is 33.2 Å². The first-order chi connectivity index (χ1) is 9.12. The molecule has 1 aromatic rings. The molecule has 0 spiro atoms. The van der Waals surface area contributed by atoms with Gasteiger partial charge in [-0.15, -0.1) is 0 Å². The molecule has 8 nitrogen and oxygen atoms in total. The Bertz CT molecular complexity index is 482. The topological polar surface area (TPSA) is 105 Å². The largest absolute Gasteiger partial charge is 0.354 e. The molecule has 0 aliphatic rings. The first-order valence-corrected chi connectivity index (χ1v) is 5.78. The van der Waals surface area contributed by atoms with E-state index < -0.39 is 0 Å². The van der Waals surface area contributed by atoms with Crippen molar-refractivity contribution in [2.45, 2.75) is 6.92 Å². The van der Waals surface area contributed by atoms with Crippen molar-refractivity contribution in [2.75, 3.05) is 48.8 Å². The van der Waals surface area contributed by atoms with Gasteiger partial charge in [-0.25, -0.2) is 0 Å². The highest BCUT2D eigenvalue weighted by Gasteiger charge is 2.13. The third kappa shape index (κ3) is 3.96. The molecule has 0 atom stereocenters. The lowest BCUT2D eigenvalue weighted by molar-refractivity contribution is 0.862. The number of nitrogens with zero attached hydrogens (tertiary/aromatic N) is 7. The molecule has 0 aliphatic carbocycles.